The van der Waals surface area contributed by atoms with Gasteiger partial charge in [-0.15, -0.1) is 0 Å². The molecule has 0 unspecified atom stereocenters. The molecule has 4 heteroatoms. The van der Waals surface area contributed by atoms with Crippen molar-refractivity contribution in [3.8, 4) is 0 Å². The highest BCUT2D eigenvalue weighted by atomic mass is 16.3. The average molecular weight is 931 g/mol. The van der Waals surface area contributed by atoms with Crippen molar-refractivity contribution < 1.29 is 14.7 Å². The van der Waals surface area contributed by atoms with Crippen molar-refractivity contribution >= 4 is 11.7 Å². The van der Waals surface area contributed by atoms with E-state index in [2.05, 4.69) is 19.2 Å². The number of hydrogen-bond acceptors (Lipinski definition) is 3. The zero-order valence-electron chi connectivity index (χ0n) is 45.6. The van der Waals surface area contributed by atoms with Crippen LogP contribution in [0.4, 0.5) is 0 Å². The molecular formula is C62H123NO3. The number of unbranched alkanes of at least 4 members (excludes halogenated alkanes) is 49. The Morgan fingerprint density at radius 1 is 0.288 bits per heavy atom. The lowest BCUT2D eigenvalue weighted by atomic mass is 10.0. The monoisotopic (exact) mass is 930 g/mol. The van der Waals surface area contributed by atoms with Crippen LogP contribution in [-0.4, -0.2) is 29.4 Å². The van der Waals surface area contributed by atoms with Crippen molar-refractivity contribution in [2.24, 2.45) is 0 Å². The molecule has 66 heavy (non-hydrogen) atoms. The van der Waals surface area contributed by atoms with Crippen LogP contribution in [0.5, 0.6) is 0 Å². The first kappa shape index (κ1) is 65.1. The topological polar surface area (TPSA) is 66.4 Å². The van der Waals surface area contributed by atoms with Gasteiger partial charge in [0.05, 0.1) is 6.10 Å². The fourth-order valence-corrected chi connectivity index (χ4v) is 10.1. The smallest absolute Gasteiger partial charge is 0.220 e. The van der Waals surface area contributed by atoms with Crippen LogP contribution >= 0.6 is 0 Å². The summed E-state index contributed by atoms with van der Waals surface area (Å²) in [4.78, 5) is 24.4. The number of aliphatic hydroxyl groups is 1. The Balaban J connectivity index is 3.22. The van der Waals surface area contributed by atoms with Crippen LogP contribution in [0.2, 0.25) is 0 Å². The fourth-order valence-electron chi connectivity index (χ4n) is 10.1. The predicted octanol–water partition coefficient (Wildman–Crippen LogP) is 20.9. The van der Waals surface area contributed by atoms with Crippen molar-refractivity contribution in [1.82, 2.24) is 5.32 Å². The van der Waals surface area contributed by atoms with Gasteiger partial charge in [-0.3, -0.25) is 9.59 Å². The number of amides is 1. The number of Topliss-reactive ketones (excluding diaryl/α,β-unsaturated/α-hetero) is 1. The van der Waals surface area contributed by atoms with Crippen molar-refractivity contribution in [1.29, 1.82) is 0 Å². The molecule has 0 bridgehead atoms. The van der Waals surface area contributed by atoms with E-state index >= 15 is 0 Å². The van der Waals surface area contributed by atoms with E-state index in [-0.39, 0.29) is 5.91 Å². The van der Waals surface area contributed by atoms with E-state index in [1.165, 1.54) is 302 Å². The van der Waals surface area contributed by atoms with Crippen LogP contribution in [0.15, 0.2) is 0 Å². The van der Waals surface area contributed by atoms with Crippen LogP contribution in [0, 0.1) is 0 Å². The van der Waals surface area contributed by atoms with Crippen LogP contribution in [0.3, 0.4) is 0 Å². The quantitative estimate of drug-likeness (QED) is 0.0597. The Bertz CT molecular complexity index is 921. The summed E-state index contributed by atoms with van der Waals surface area (Å²) in [6.45, 7) is 5.00. The number of ketones is 1. The van der Waals surface area contributed by atoms with E-state index in [0.29, 0.717) is 18.7 Å². The third kappa shape index (κ3) is 57.4. The molecule has 0 aliphatic rings. The van der Waals surface area contributed by atoms with E-state index in [4.69, 9.17) is 0 Å². The minimum absolute atomic E-state index is 0.117. The lowest BCUT2D eigenvalue weighted by Gasteiger charge is -2.12. The van der Waals surface area contributed by atoms with E-state index in [1.54, 1.807) is 0 Å². The first-order valence-corrected chi connectivity index (χ1v) is 31.1. The second-order valence-electron chi connectivity index (χ2n) is 21.7. The Morgan fingerprint density at radius 3 is 0.727 bits per heavy atom. The summed E-state index contributed by atoms with van der Waals surface area (Å²) in [5.41, 5.74) is 0. The highest BCUT2D eigenvalue weighted by Crippen LogP contribution is 2.19. The third-order valence-corrected chi connectivity index (χ3v) is 14.8. The SMILES string of the molecule is CCCCCCCCCCCCCCCC[C@@H](O)CNC(=O)CCCCCCCCCCCCCCCCCCCCCCCCCCCCCC(=O)CCCCCCCCCCCCC. The molecule has 0 aliphatic carbocycles. The van der Waals surface area contributed by atoms with E-state index in [1.807, 2.05) is 0 Å². The molecule has 0 rings (SSSR count). The predicted molar refractivity (Wildman–Crippen MR) is 294 cm³/mol. The molecular weight excluding hydrogens is 807 g/mol. The normalized spacial score (nSPS) is 12.0. The lowest BCUT2D eigenvalue weighted by Crippen LogP contribution is -2.31. The van der Waals surface area contributed by atoms with Gasteiger partial charge in [0.1, 0.15) is 5.78 Å². The summed E-state index contributed by atoms with van der Waals surface area (Å²) in [5.74, 6) is 0.638. The average Bonchev–Trinajstić information content (AvgIpc) is 3.32. The standard InChI is InChI=1S/C62H123NO3/c1-3-5-7-9-11-13-15-16-32-37-41-45-49-53-57-61(65)59-63-62(66)58-54-50-46-42-38-34-31-29-27-25-23-21-19-17-18-20-22-24-26-28-30-33-36-40-44-48-52-56-60(64)55-51-47-43-39-35-14-12-10-8-6-4-2/h61,65H,3-59H2,1-2H3,(H,63,66)/t61-/m1/s1. The molecule has 0 spiro atoms. The van der Waals surface area contributed by atoms with Gasteiger partial charge in [0.2, 0.25) is 5.91 Å². The summed E-state index contributed by atoms with van der Waals surface area (Å²) < 4.78 is 0. The largest absolute Gasteiger partial charge is 0.391 e. The van der Waals surface area contributed by atoms with Gasteiger partial charge in [-0.25, -0.2) is 0 Å². The summed E-state index contributed by atoms with van der Waals surface area (Å²) >= 11 is 0. The molecule has 0 aromatic carbocycles. The molecule has 1 amide bonds. The molecule has 0 aromatic rings. The molecule has 0 saturated carbocycles. The number of carbonyl (C=O) groups is 2. The van der Waals surface area contributed by atoms with E-state index in [0.717, 1.165) is 51.4 Å². The van der Waals surface area contributed by atoms with Gasteiger partial charge in [-0.05, 0) is 25.7 Å². The highest BCUT2D eigenvalue weighted by Gasteiger charge is 2.08. The second kappa shape index (κ2) is 58.4. The van der Waals surface area contributed by atoms with Crippen molar-refractivity contribution in [2.75, 3.05) is 6.54 Å². The zero-order valence-corrected chi connectivity index (χ0v) is 45.6. The van der Waals surface area contributed by atoms with Crippen molar-refractivity contribution in [3.63, 3.8) is 0 Å². The van der Waals surface area contributed by atoms with Crippen LogP contribution < -0.4 is 5.32 Å². The van der Waals surface area contributed by atoms with Gasteiger partial charge in [-0.2, -0.15) is 0 Å². The Kier molecular flexibility index (Phi) is 57.6. The minimum atomic E-state index is -0.390. The fraction of sp³-hybridized carbons (Fsp3) is 0.968. The molecule has 1 atom stereocenters. The summed E-state index contributed by atoms with van der Waals surface area (Å²) in [5, 5.41) is 13.3. The van der Waals surface area contributed by atoms with Gasteiger partial charge in [0.25, 0.3) is 0 Å². The second-order valence-corrected chi connectivity index (χ2v) is 21.7. The van der Waals surface area contributed by atoms with Gasteiger partial charge < -0.3 is 10.4 Å². The first-order valence-electron chi connectivity index (χ1n) is 31.1. The molecule has 0 aromatic heterocycles. The summed E-state index contributed by atoms with van der Waals surface area (Å²) in [7, 11) is 0. The Labute approximate surface area is 416 Å². The summed E-state index contributed by atoms with van der Waals surface area (Å²) in [6.07, 6.45) is 73.3. The molecule has 0 fully saturated rings. The number of hydrogen-bond donors (Lipinski definition) is 2. The number of aliphatic hydroxyl groups excluding tert-OH is 1. The Morgan fingerprint density at radius 2 is 0.485 bits per heavy atom. The first-order chi connectivity index (χ1) is 32.6. The summed E-state index contributed by atoms with van der Waals surface area (Å²) in [6, 6.07) is 0. The maximum absolute atomic E-state index is 12.2. The molecule has 0 aliphatic heterocycles. The molecule has 0 saturated heterocycles. The molecule has 0 radical (unpaired) electrons. The molecule has 4 nitrogen and oxygen atoms in total. The van der Waals surface area contributed by atoms with E-state index < -0.39 is 6.10 Å². The van der Waals surface area contributed by atoms with Gasteiger partial charge in [0.15, 0.2) is 0 Å². The van der Waals surface area contributed by atoms with Crippen LogP contribution in [0.1, 0.15) is 373 Å². The number of carbonyl (C=O) groups excluding carboxylic acids is 2. The number of nitrogens with one attached hydrogen (secondary N) is 1. The van der Waals surface area contributed by atoms with Crippen molar-refractivity contribution in [3.05, 3.63) is 0 Å². The minimum Gasteiger partial charge on any atom is -0.391 e. The van der Waals surface area contributed by atoms with Crippen LogP contribution in [-0.2, 0) is 9.59 Å². The zero-order chi connectivity index (χ0) is 47.7. The molecule has 0 heterocycles. The van der Waals surface area contributed by atoms with E-state index in [9.17, 15) is 14.7 Å². The van der Waals surface area contributed by atoms with Gasteiger partial charge in [-0.1, -0.05) is 328 Å². The van der Waals surface area contributed by atoms with Crippen LogP contribution in [0.25, 0.3) is 0 Å². The lowest BCUT2D eigenvalue weighted by molar-refractivity contribution is -0.121. The molecule has 2 N–H and O–H groups in total. The molecule has 394 valence electrons. The maximum atomic E-state index is 12.2. The number of rotatable bonds is 59. The van der Waals surface area contributed by atoms with Gasteiger partial charge >= 0.3 is 0 Å². The maximum Gasteiger partial charge on any atom is 0.220 e. The van der Waals surface area contributed by atoms with Gasteiger partial charge in [0, 0.05) is 25.8 Å². The Hall–Kier alpha value is -0.900. The highest BCUT2D eigenvalue weighted by molar-refractivity contribution is 5.78. The van der Waals surface area contributed by atoms with Crippen molar-refractivity contribution in [2.45, 2.75) is 380 Å². The third-order valence-electron chi connectivity index (χ3n) is 14.8.